The van der Waals surface area contributed by atoms with Crippen LogP contribution in [0.25, 0.3) is 0 Å². The zero-order chi connectivity index (χ0) is 13.0. The van der Waals surface area contributed by atoms with Gasteiger partial charge in [-0.1, -0.05) is 24.3 Å². The summed E-state index contributed by atoms with van der Waals surface area (Å²) >= 11 is 2.23. The predicted molar refractivity (Wildman–Crippen MR) is 79.1 cm³/mol. The number of para-hydroxylation sites is 1. The van der Waals surface area contributed by atoms with Crippen molar-refractivity contribution in [3.8, 4) is 0 Å². The maximum absolute atomic E-state index is 11.8. The lowest BCUT2D eigenvalue weighted by atomic mass is 10.2. The van der Waals surface area contributed by atoms with Crippen LogP contribution >= 0.6 is 22.6 Å². The number of hydrogen-bond acceptors (Lipinski definition) is 3. The molecule has 2 N–H and O–H groups in total. The molecule has 0 spiro atoms. The Kier molecular flexibility index (Phi) is 4.19. The first-order chi connectivity index (χ1) is 8.66. The summed E-state index contributed by atoms with van der Waals surface area (Å²) in [6, 6.07) is 14.7. The molecule has 0 aliphatic heterocycles. The van der Waals surface area contributed by atoms with E-state index in [9.17, 15) is 4.79 Å². The maximum Gasteiger partial charge on any atom is 0.340 e. The molecule has 0 bridgehead atoms. The highest BCUT2D eigenvalue weighted by Gasteiger charge is 2.10. The molecule has 3 nitrogen and oxygen atoms in total. The van der Waals surface area contributed by atoms with Gasteiger partial charge >= 0.3 is 5.97 Å². The van der Waals surface area contributed by atoms with Gasteiger partial charge in [0.1, 0.15) is 6.61 Å². The summed E-state index contributed by atoms with van der Waals surface area (Å²) in [6.07, 6.45) is 0. The molecule has 0 aromatic heterocycles. The molecular weight excluding hydrogens is 341 g/mol. The van der Waals surface area contributed by atoms with E-state index in [0.29, 0.717) is 11.3 Å². The molecule has 0 heterocycles. The predicted octanol–water partition coefficient (Wildman–Crippen LogP) is 3.23. The molecule has 0 atom stereocenters. The molecule has 2 aromatic rings. The van der Waals surface area contributed by atoms with E-state index in [4.69, 9.17) is 10.5 Å². The van der Waals surface area contributed by atoms with Gasteiger partial charge < -0.3 is 10.5 Å². The van der Waals surface area contributed by atoms with Gasteiger partial charge in [0.15, 0.2) is 0 Å². The van der Waals surface area contributed by atoms with Gasteiger partial charge in [0.05, 0.1) is 5.56 Å². The van der Waals surface area contributed by atoms with Crippen LogP contribution in [-0.4, -0.2) is 5.97 Å². The first kappa shape index (κ1) is 12.9. The van der Waals surface area contributed by atoms with Gasteiger partial charge in [-0.05, 0) is 52.4 Å². The van der Waals surface area contributed by atoms with Crippen LogP contribution in [0.2, 0.25) is 0 Å². The number of carbonyl (C=O) groups is 1. The Morgan fingerprint density at radius 1 is 1.11 bits per heavy atom. The number of hydrogen-bond donors (Lipinski definition) is 1. The van der Waals surface area contributed by atoms with Gasteiger partial charge in [0, 0.05) is 9.26 Å². The Bertz CT molecular complexity index is 552. The monoisotopic (exact) mass is 353 g/mol. The summed E-state index contributed by atoms with van der Waals surface area (Å²) in [7, 11) is 0. The van der Waals surface area contributed by atoms with Crippen LogP contribution in [0.3, 0.4) is 0 Å². The molecule has 18 heavy (non-hydrogen) atoms. The van der Waals surface area contributed by atoms with Crippen LogP contribution in [0.5, 0.6) is 0 Å². The van der Waals surface area contributed by atoms with Gasteiger partial charge in [0.25, 0.3) is 0 Å². The fourth-order valence-corrected chi connectivity index (χ4v) is 1.85. The number of carbonyl (C=O) groups excluding carboxylic acids is 1. The number of esters is 1. The van der Waals surface area contributed by atoms with E-state index in [-0.39, 0.29) is 6.61 Å². The number of anilines is 1. The minimum absolute atomic E-state index is 0.254. The van der Waals surface area contributed by atoms with E-state index in [1.165, 1.54) is 0 Å². The minimum Gasteiger partial charge on any atom is -0.457 e. The van der Waals surface area contributed by atoms with Crippen LogP contribution in [0.4, 0.5) is 5.69 Å². The molecule has 0 saturated carbocycles. The van der Waals surface area contributed by atoms with Gasteiger partial charge in [-0.2, -0.15) is 0 Å². The first-order valence-electron chi connectivity index (χ1n) is 5.43. The zero-order valence-corrected chi connectivity index (χ0v) is 11.8. The summed E-state index contributed by atoms with van der Waals surface area (Å²) in [4.78, 5) is 11.8. The van der Waals surface area contributed by atoms with Gasteiger partial charge in [-0.25, -0.2) is 4.79 Å². The summed E-state index contributed by atoms with van der Waals surface area (Å²) < 4.78 is 6.36. The number of ether oxygens (including phenoxy) is 1. The average Bonchev–Trinajstić information content (AvgIpc) is 2.38. The Labute approximate surface area is 119 Å². The lowest BCUT2D eigenvalue weighted by molar-refractivity contribution is 0.0474. The van der Waals surface area contributed by atoms with E-state index in [2.05, 4.69) is 22.6 Å². The third kappa shape index (κ3) is 3.22. The van der Waals surface area contributed by atoms with E-state index >= 15 is 0 Å². The number of nitrogens with two attached hydrogens (primary N) is 1. The van der Waals surface area contributed by atoms with Crippen molar-refractivity contribution in [2.24, 2.45) is 0 Å². The minimum atomic E-state index is -0.397. The van der Waals surface area contributed by atoms with Crippen molar-refractivity contribution in [1.82, 2.24) is 0 Å². The van der Waals surface area contributed by atoms with Crippen molar-refractivity contribution >= 4 is 34.2 Å². The van der Waals surface area contributed by atoms with Crippen molar-refractivity contribution in [1.29, 1.82) is 0 Å². The standard InChI is InChI=1S/C14H12INO2/c15-11-7-5-10(6-8-11)9-18-14(17)12-3-1-2-4-13(12)16/h1-8H,9,16H2. The van der Waals surface area contributed by atoms with E-state index in [0.717, 1.165) is 9.13 Å². The smallest absolute Gasteiger partial charge is 0.340 e. The Morgan fingerprint density at radius 2 is 1.78 bits per heavy atom. The largest absolute Gasteiger partial charge is 0.457 e. The molecule has 0 aliphatic rings. The molecule has 0 radical (unpaired) electrons. The van der Waals surface area contributed by atoms with Gasteiger partial charge in [0.2, 0.25) is 0 Å². The van der Waals surface area contributed by atoms with Crippen LogP contribution in [0.1, 0.15) is 15.9 Å². The normalized spacial score (nSPS) is 10.1. The van der Waals surface area contributed by atoms with Gasteiger partial charge in [-0.3, -0.25) is 0 Å². The summed E-state index contributed by atoms with van der Waals surface area (Å²) in [5.41, 5.74) is 7.51. The molecular formula is C14H12INO2. The molecule has 0 aliphatic carbocycles. The van der Waals surface area contributed by atoms with E-state index < -0.39 is 5.97 Å². The van der Waals surface area contributed by atoms with Crippen LogP contribution < -0.4 is 5.73 Å². The van der Waals surface area contributed by atoms with Gasteiger partial charge in [-0.15, -0.1) is 0 Å². The molecule has 0 saturated heterocycles. The average molecular weight is 353 g/mol. The summed E-state index contributed by atoms with van der Waals surface area (Å²) in [5.74, 6) is -0.397. The number of rotatable bonds is 3. The second-order valence-electron chi connectivity index (χ2n) is 3.79. The van der Waals surface area contributed by atoms with Crippen LogP contribution in [0, 0.1) is 3.57 Å². The lowest BCUT2D eigenvalue weighted by Crippen LogP contribution is -2.08. The molecule has 2 aromatic carbocycles. The molecule has 0 amide bonds. The van der Waals surface area contributed by atoms with Crippen LogP contribution in [-0.2, 0) is 11.3 Å². The summed E-state index contributed by atoms with van der Waals surface area (Å²) in [6.45, 7) is 0.254. The lowest BCUT2D eigenvalue weighted by Gasteiger charge is -2.06. The SMILES string of the molecule is Nc1ccccc1C(=O)OCc1ccc(I)cc1. The Hall–Kier alpha value is -1.56. The fourth-order valence-electron chi connectivity index (χ4n) is 1.49. The highest BCUT2D eigenvalue weighted by atomic mass is 127. The number of benzene rings is 2. The Morgan fingerprint density at radius 3 is 2.44 bits per heavy atom. The van der Waals surface area contributed by atoms with Crippen molar-refractivity contribution in [3.63, 3.8) is 0 Å². The quantitative estimate of drug-likeness (QED) is 0.524. The molecule has 92 valence electrons. The molecule has 4 heteroatoms. The highest BCUT2D eigenvalue weighted by molar-refractivity contribution is 14.1. The second-order valence-corrected chi connectivity index (χ2v) is 5.04. The summed E-state index contributed by atoms with van der Waals surface area (Å²) in [5, 5.41) is 0. The van der Waals surface area contributed by atoms with E-state index in [1.54, 1.807) is 24.3 Å². The first-order valence-corrected chi connectivity index (χ1v) is 6.51. The third-order valence-corrected chi connectivity index (χ3v) is 3.18. The number of nitrogen functional groups attached to an aromatic ring is 1. The molecule has 0 fully saturated rings. The Balaban J connectivity index is 2.01. The second kappa shape index (κ2) is 5.86. The van der Waals surface area contributed by atoms with Crippen molar-refractivity contribution in [2.75, 3.05) is 5.73 Å². The zero-order valence-electron chi connectivity index (χ0n) is 9.60. The maximum atomic E-state index is 11.8. The highest BCUT2D eigenvalue weighted by Crippen LogP contribution is 2.13. The third-order valence-electron chi connectivity index (χ3n) is 2.46. The molecule has 2 rings (SSSR count). The number of halogens is 1. The van der Waals surface area contributed by atoms with Crippen molar-refractivity contribution < 1.29 is 9.53 Å². The van der Waals surface area contributed by atoms with Crippen LogP contribution in [0.15, 0.2) is 48.5 Å². The van der Waals surface area contributed by atoms with Crippen molar-refractivity contribution in [2.45, 2.75) is 6.61 Å². The topological polar surface area (TPSA) is 52.3 Å². The molecule has 0 unspecified atom stereocenters. The van der Waals surface area contributed by atoms with E-state index in [1.807, 2.05) is 24.3 Å². The van der Waals surface area contributed by atoms with Crippen molar-refractivity contribution in [3.05, 3.63) is 63.2 Å². The fraction of sp³-hybridized carbons (Fsp3) is 0.0714.